The Labute approximate surface area is 107 Å². The maximum Gasteiger partial charge on any atom is 0.0825 e. The van der Waals surface area contributed by atoms with Crippen LogP contribution in [0.1, 0.15) is 12.0 Å². The molecule has 0 aliphatic carbocycles. The van der Waals surface area contributed by atoms with Gasteiger partial charge >= 0.3 is 0 Å². The van der Waals surface area contributed by atoms with E-state index in [1.165, 1.54) is 27.1 Å². The van der Waals surface area contributed by atoms with E-state index in [9.17, 15) is 5.11 Å². The number of hydrogen-bond donors (Lipinski definition) is 0. The average Bonchev–Trinajstić information content (AvgIpc) is 2.43. The van der Waals surface area contributed by atoms with E-state index in [0.29, 0.717) is 6.42 Å². The van der Waals surface area contributed by atoms with E-state index in [4.69, 9.17) is 0 Å². The fourth-order valence-electron chi connectivity index (χ4n) is 2.63. The SMILES string of the molecule is [O]CCCc1c2ccccc2cc2ccccc12. The highest BCUT2D eigenvalue weighted by atomic mass is 16.2. The third-order valence-corrected chi connectivity index (χ3v) is 3.45. The van der Waals surface area contributed by atoms with Gasteiger partial charge < -0.3 is 0 Å². The predicted molar refractivity (Wildman–Crippen MR) is 75.3 cm³/mol. The summed E-state index contributed by atoms with van der Waals surface area (Å²) in [4.78, 5) is 0. The van der Waals surface area contributed by atoms with Crippen LogP contribution in [0.25, 0.3) is 21.5 Å². The van der Waals surface area contributed by atoms with Crippen LogP contribution in [0.4, 0.5) is 0 Å². The molecule has 1 radical (unpaired) electrons. The first-order valence-electron chi connectivity index (χ1n) is 6.37. The quantitative estimate of drug-likeness (QED) is 0.601. The lowest BCUT2D eigenvalue weighted by Crippen LogP contribution is -1.92. The molecule has 3 aromatic rings. The maximum absolute atomic E-state index is 10.8. The molecule has 0 bridgehead atoms. The van der Waals surface area contributed by atoms with Gasteiger partial charge in [0.2, 0.25) is 0 Å². The van der Waals surface area contributed by atoms with E-state index in [1.807, 2.05) is 0 Å². The second-order valence-electron chi connectivity index (χ2n) is 4.61. The molecule has 0 heterocycles. The molecular weight excluding hydrogens is 220 g/mol. The zero-order valence-electron chi connectivity index (χ0n) is 10.2. The summed E-state index contributed by atoms with van der Waals surface area (Å²) in [5, 5.41) is 15.9. The van der Waals surface area contributed by atoms with Gasteiger partial charge in [0.05, 0.1) is 6.61 Å². The van der Waals surface area contributed by atoms with E-state index in [-0.39, 0.29) is 6.61 Å². The molecule has 0 N–H and O–H groups in total. The Bertz CT molecular complexity index is 631. The minimum absolute atomic E-state index is 0.00243. The fourth-order valence-corrected chi connectivity index (χ4v) is 2.63. The van der Waals surface area contributed by atoms with Crippen LogP contribution in [0.15, 0.2) is 54.6 Å². The lowest BCUT2D eigenvalue weighted by atomic mass is 9.94. The third kappa shape index (κ3) is 1.87. The zero-order valence-corrected chi connectivity index (χ0v) is 10.2. The third-order valence-electron chi connectivity index (χ3n) is 3.45. The highest BCUT2D eigenvalue weighted by molar-refractivity contribution is 6.02. The van der Waals surface area contributed by atoms with Gasteiger partial charge in [0.25, 0.3) is 0 Å². The van der Waals surface area contributed by atoms with Crippen LogP contribution in [0.2, 0.25) is 0 Å². The molecule has 3 rings (SSSR count). The first-order valence-corrected chi connectivity index (χ1v) is 6.37. The summed E-state index contributed by atoms with van der Waals surface area (Å²) in [6.45, 7) is -0.00243. The fraction of sp³-hybridized carbons (Fsp3) is 0.176. The van der Waals surface area contributed by atoms with Crippen molar-refractivity contribution in [1.29, 1.82) is 0 Å². The van der Waals surface area contributed by atoms with E-state index >= 15 is 0 Å². The van der Waals surface area contributed by atoms with E-state index in [0.717, 1.165) is 6.42 Å². The van der Waals surface area contributed by atoms with E-state index in [1.54, 1.807) is 0 Å². The summed E-state index contributed by atoms with van der Waals surface area (Å²) in [7, 11) is 0. The zero-order chi connectivity index (χ0) is 12.4. The molecule has 18 heavy (non-hydrogen) atoms. The summed E-state index contributed by atoms with van der Waals surface area (Å²) in [6.07, 6.45) is 1.57. The maximum atomic E-state index is 10.8. The second-order valence-corrected chi connectivity index (χ2v) is 4.61. The number of fused-ring (bicyclic) bond motifs is 2. The molecule has 0 spiro atoms. The van der Waals surface area contributed by atoms with Gasteiger partial charge in [-0.15, -0.1) is 0 Å². The molecule has 1 heteroatoms. The highest BCUT2D eigenvalue weighted by Crippen LogP contribution is 2.29. The second kappa shape index (κ2) is 4.79. The molecule has 0 amide bonds. The topological polar surface area (TPSA) is 19.9 Å². The molecule has 0 aliphatic heterocycles. The summed E-state index contributed by atoms with van der Waals surface area (Å²) >= 11 is 0. The number of rotatable bonds is 3. The Balaban J connectivity index is 2.34. The molecule has 0 saturated heterocycles. The molecule has 89 valence electrons. The van der Waals surface area contributed by atoms with Gasteiger partial charge in [-0.2, -0.15) is 0 Å². The Kier molecular flexibility index (Phi) is 2.99. The predicted octanol–water partition coefficient (Wildman–Crippen LogP) is 4.36. The van der Waals surface area contributed by atoms with Gasteiger partial charge in [-0.3, -0.25) is 0 Å². The normalized spacial score (nSPS) is 11.2. The first-order chi connectivity index (χ1) is 8.90. The number of hydrogen-bond acceptors (Lipinski definition) is 0. The van der Waals surface area contributed by atoms with Crippen LogP contribution in [0.3, 0.4) is 0 Å². The molecule has 0 saturated carbocycles. The number of aryl methyl sites for hydroxylation is 1. The van der Waals surface area contributed by atoms with Crippen molar-refractivity contribution in [2.24, 2.45) is 0 Å². The van der Waals surface area contributed by atoms with Crippen molar-refractivity contribution in [3.8, 4) is 0 Å². The van der Waals surface area contributed by atoms with Gasteiger partial charge in [-0.05, 0) is 46.0 Å². The summed E-state index contributed by atoms with van der Waals surface area (Å²) in [5.74, 6) is 0. The van der Waals surface area contributed by atoms with Gasteiger partial charge in [-0.25, -0.2) is 5.11 Å². The van der Waals surface area contributed by atoms with Crippen LogP contribution in [0, 0.1) is 0 Å². The largest absolute Gasteiger partial charge is 0.237 e. The smallest absolute Gasteiger partial charge is 0.0825 e. The highest BCUT2D eigenvalue weighted by Gasteiger charge is 2.06. The van der Waals surface area contributed by atoms with Crippen molar-refractivity contribution < 1.29 is 5.11 Å². The number of benzene rings is 3. The summed E-state index contributed by atoms with van der Waals surface area (Å²) in [6, 6.07) is 19.1. The average molecular weight is 235 g/mol. The van der Waals surface area contributed by atoms with Crippen molar-refractivity contribution >= 4 is 21.5 Å². The monoisotopic (exact) mass is 235 g/mol. The van der Waals surface area contributed by atoms with Crippen LogP contribution in [-0.2, 0) is 11.5 Å². The Morgan fingerprint density at radius 3 is 1.89 bits per heavy atom. The van der Waals surface area contributed by atoms with Crippen molar-refractivity contribution in [2.45, 2.75) is 12.8 Å². The van der Waals surface area contributed by atoms with Gasteiger partial charge in [0.1, 0.15) is 0 Å². The van der Waals surface area contributed by atoms with Gasteiger partial charge in [0, 0.05) is 0 Å². The standard InChI is InChI=1S/C17H15O/c18-11-5-10-17-15-8-3-1-6-13(15)12-14-7-2-4-9-16(14)17/h1-4,6-9,12H,5,10-11H2. The Hall–Kier alpha value is -1.86. The molecule has 0 aromatic heterocycles. The van der Waals surface area contributed by atoms with Gasteiger partial charge in [-0.1, -0.05) is 48.5 Å². The van der Waals surface area contributed by atoms with E-state index in [2.05, 4.69) is 54.6 Å². The van der Waals surface area contributed by atoms with Crippen LogP contribution in [0.5, 0.6) is 0 Å². The Morgan fingerprint density at radius 1 is 0.778 bits per heavy atom. The molecule has 0 atom stereocenters. The minimum atomic E-state index is -0.00243. The first kappa shape index (κ1) is 11.2. The van der Waals surface area contributed by atoms with Gasteiger partial charge in [0.15, 0.2) is 0 Å². The van der Waals surface area contributed by atoms with Crippen LogP contribution >= 0.6 is 0 Å². The minimum Gasteiger partial charge on any atom is -0.237 e. The molecular formula is C17H15O. The Morgan fingerprint density at radius 2 is 1.33 bits per heavy atom. The van der Waals surface area contributed by atoms with Crippen LogP contribution in [-0.4, -0.2) is 6.61 Å². The summed E-state index contributed by atoms with van der Waals surface area (Å²) < 4.78 is 0. The van der Waals surface area contributed by atoms with E-state index < -0.39 is 0 Å². The lowest BCUT2D eigenvalue weighted by molar-refractivity contribution is 0.189. The van der Waals surface area contributed by atoms with Crippen LogP contribution < -0.4 is 0 Å². The molecule has 0 fully saturated rings. The summed E-state index contributed by atoms with van der Waals surface area (Å²) in [5.41, 5.74) is 1.32. The molecule has 0 unspecified atom stereocenters. The van der Waals surface area contributed by atoms with Crippen molar-refractivity contribution in [1.82, 2.24) is 0 Å². The molecule has 3 aromatic carbocycles. The van der Waals surface area contributed by atoms with Crippen molar-refractivity contribution in [3.63, 3.8) is 0 Å². The van der Waals surface area contributed by atoms with Crippen molar-refractivity contribution in [2.75, 3.05) is 6.61 Å². The van der Waals surface area contributed by atoms with Crippen molar-refractivity contribution in [3.05, 3.63) is 60.2 Å². The molecule has 1 nitrogen and oxygen atoms in total. The lowest BCUT2D eigenvalue weighted by Gasteiger charge is -2.10. The molecule has 0 aliphatic rings.